The summed E-state index contributed by atoms with van der Waals surface area (Å²) in [4.78, 5) is 31.7. The minimum atomic E-state index is -0.180. The van der Waals surface area contributed by atoms with E-state index in [9.17, 15) is 4.79 Å². The predicted molar refractivity (Wildman–Crippen MR) is 137 cm³/mol. The molecule has 170 valence electrons. The molecular formula is C29H28N4O. The number of carbonyl (C=O) groups is 1. The molecule has 0 aliphatic rings. The molecule has 34 heavy (non-hydrogen) atoms. The molecule has 4 rings (SSSR count). The van der Waals surface area contributed by atoms with Crippen molar-refractivity contribution in [2.75, 3.05) is 0 Å². The Balaban J connectivity index is 1.65. The fourth-order valence-electron chi connectivity index (χ4n) is 3.76. The highest BCUT2D eigenvalue weighted by molar-refractivity contribution is 6.05. The van der Waals surface area contributed by atoms with E-state index in [1.165, 1.54) is 6.08 Å². The van der Waals surface area contributed by atoms with Crippen LogP contribution in [0.3, 0.4) is 0 Å². The van der Waals surface area contributed by atoms with Crippen molar-refractivity contribution in [1.82, 2.24) is 19.9 Å². The average molecular weight is 449 g/mol. The first-order valence-electron chi connectivity index (χ1n) is 11.3. The second-order valence-electron chi connectivity index (χ2n) is 8.70. The number of ketones is 1. The molecule has 4 aromatic heterocycles. The lowest BCUT2D eigenvalue weighted by molar-refractivity contribution is 0.104. The van der Waals surface area contributed by atoms with Crippen molar-refractivity contribution in [1.29, 1.82) is 0 Å². The summed E-state index contributed by atoms with van der Waals surface area (Å²) in [6.45, 7) is 11.9. The molecule has 0 saturated heterocycles. The summed E-state index contributed by atoms with van der Waals surface area (Å²) in [6, 6.07) is 15.6. The Morgan fingerprint density at radius 3 is 1.56 bits per heavy atom. The molecule has 0 bridgehead atoms. The fourth-order valence-corrected chi connectivity index (χ4v) is 3.76. The minimum absolute atomic E-state index is 0.180. The lowest BCUT2D eigenvalue weighted by Gasteiger charge is -2.10. The Kier molecular flexibility index (Phi) is 6.46. The van der Waals surface area contributed by atoms with Crippen molar-refractivity contribution in [3.8, 4) is 22.8 Å². The molecule has 4 heterocycles. The van der Waals surface area contributed by atoms with Crippen LogP contribution in [0.1, 0.15) is 49.8 Å². The van der Waals surface area contributed by atoms with Gasteiger partial charge in [-0.05, 0) is 100 Å². The van der Waals surface area contributed by atoms with Crippen LogP contribution in [0.15, 0.2) is 54.6 Å². The molecule has 0 saturated carbocycles. The summed E-state index contributed by atoms with van der Waals surface area (Å²) in [5.74, 6) is -0.180. The van der Waals surface area contributed by atoms with Gasteiger partial charge in [-0.25, -0.2) is 9.97 Å². The largest absolute Gasteiger partial charge is 0.288 e. The predicted octanol–water partition coefficient (Wildman–Crippen LogP) is 6.35. The first kappa shape index (κ1) is 23.2. The van der Waals surface area contributed by atoms with Crippen molar-refractivity contribution in [3.63, 3.8) is 0 Å². The Morgan fingerprint density at radius 2 is 1.00 bits per heavy atom. The SMILES string of the molecule is Cc1ccc(C)c(-c2nc(/C=C/C(=O)c3ccc(C)c(-c4nc(C)ccc4C)n3)ccc2C)n1. The third-order valence-corrected chi connectivity index (χ3v) is 5.79. The van der Waals surface area contributed by atoms with Gasteiger partial charge in [-0.15, -0.1) is 0 Å². The second kappa shape index (κ2) is 9.48. The lowest BCUT2D eigenvalue weighted by atomic mass is 10.1. The maximum Gasteiger partial charge on any atom is 0.204 e. The van der Waals surface area contributed by atoms with Crippen LogP contribution < -0.4 is 0 Å². The van der Waals surface area contributed by atoms with Crippen molar-refractivity contribution >= 4 is 11.9 Å². The number of carbonyl (C=O) groups excluding carboxylic acids is 1. The highest BCUT2D eigenvalue weighted by Crippen LogP contribution is 2.25. The van der Waals surface area contributed by atoms with Crippen LogP contribution >= 0.6 is 0 Å². The zero-order chi connectivity index (χ0) is 24.4. The summed E-state index contributed by atoms with van der Waals surface area (Å²) in [5.41, 5.74) is 10.3. The van der Waals surface area contributed by atoms with E-state index in [2.05, 4.69) is 21.0 Å². The molecule has 0 fully saturated rings. The molecule has 0 radical (unpaired) electrons. The van der Waals surface area contributed by atoms with E-state index >= 15 is 0 Å². The Hall–Kier alpha value is -3.99. The van der Waals surface area contributed by atoms with Crippen LogP contribution in [0.2, 0.25) is 0 Å². The smallest absolute Gasteiger partial charge is 0.204 e. The van der Waals surface area contributed by atoms with Gasteiger partial charge >= 0.3 is 0 Å². The maximum atomic E-state index is 13.0. The van der Waals surface area contributed by atoms with Gasteiger partial charge in [0.05, 0.1) is 28.5 Å². The molecule has 0 N–H and O–H groups in total. The van der Waals surface area contributed by atoms with E-state index in [1.54, 1.807) is 12.1 Å². The number of aromatic nitrogens is 4. The number of pyridine rings is 4. The Morgan fingerprint density at radius 1 is 0.559 bits per heavy atom. The van der Waals surface area contributed by atoms with Crippen molar-refractivity contribution in [2.45, 2.75) is 41.5 Å². The monoisotopic (exact) mass is 448 g/mol. The highest BCUT2D eigenvalue weighted by atomic mass is 16.1. The normalized spacial score (nSPS) is 11.2. The van der Waals surface area contributed by atoms with Crippen LogP contribution in [-0.4, -0.2) is 25.7 Å². The molecule has 0 atom stereocenters. The van der Waals surface area contributed by atoms with Gasteiger partial charge in [0.15, 0.2) is 0 Å². The van der Waals surface area contributed by atoms with E-state index in [0.717, 1.165) is 56.4 Å². The van der Waals surface area contributed by atoms with Crippen LogP contribution in [0, 0.1) is 41.5 Å². The van der Waals surface area contributed by atoms with E-state index in [1.807, 2.05) is 77.9 Å². The molecule has 0 spiro atoms. The standard InChI is InChI=1S/C29H28N4O/c1-17-7-11-21(5)30-26(17)28-19(3)9-13-23(32-28)14-16-25(34)24-15-10-20(4)29(33-24)27-18(2)8-12-22(6)31-27/h7-16H,1-6H3/b16-14+. The number of aryl methyl sites for hydroxylation is 6. The Labute approximate surface area is 200 Å². The van der Waals surface area contributed by atoms with Gasteiger partial charge in [-0.2, -0.15) is 0 Å². The van der Waals surface area contributed by atoms with Crippen LogP contribution in [-0.2, 0) is 0 Å². The van der Waals surface area contributed by atoms with Gasteiger partial charge in [0.1, 0.15) is 5.69 Å². The number of rotatable bonds is 5. The number of allylic oxidation sites excluding steroid dienone is 1. The summed E-state index contributed by atoms with van der Waals surface area (Å²) in [5, 5.41) is 0. The van der Waals surface area contributed by atoms with Gasteiger partial charge in [-0.3, -0.25) is 14.8 Å². The van der Waals surface area contributed by atoms with Gasteiger partial charge < -0.3 is 0 Å². The molecule has 0 aliphatic heterocycles. The third kappa shape index (κ3) is 4.84. The second-order valence-corrected chi connectivity index (χ2v) is 8.70. The lowest BCUT2D eigenvalue weighted by Crippen LogP contribution is -2.03. The van der Waals surface area contributed by atoms with Gasteiger partial charge in [0, 0.05) is 11.4 Å². The summed E-state index contributed by atoms with van der Waals surface area (Å²) in [6.07, 6.45) is 3.25. The zero-order valence-corrected chi connectivity index (χ0v) is 20.5. The Bertz CT molecular complexity index is 1440. The molecule has 5 heteroatoms. The van der Waals surface area contributed by atoms with Crippen molar-refractivity contribution in [2.24, 2.45) is 0 Å². The first-order chi connectivity index (χ1) is 16.2. The van der Waals surface area contributed by atoms with Gasteiger partial charge in [0.25, 0.3) is 0 Å². The number of hydrogen-bond donors (Lipinski definition) is 0. The molecule has 0 aliphatic carbocycles. The summed E-state index contributed by atoms with van der Waals surface area (Å²) >= 11 is 0. The quantitative estimate of drug-likeness (QED) is 0.263. The fraction of sp³-hybridized carbons (Fsp3) is 0.207. The number of hydrogen-bond acceptors (Lipinski definition) is 5. The van der Waals surface area contributed by atoms with Crippen molar-refractivity contribution in [3.05, 3.63) is 99.6 Å². The zero-order valence-electron chi connectivity index (χ0n) is 20.5. The van der Waals surface area contributed by atoms with Crippen LogP contribution in [0.25, 0.3) is 28.9 Å². The van der Waals surface area contributed by atoms with Crippen LogP contribution in [0.5, 0.6) is 0 Å². The van der Waals surface area contributed by atoms with E-state index < -0.39 is 0 Å². The average Bonchev–Trinajstić information content (AvgIpc) is 2.82. The van der Waals surface area contributed by atoms with Gasteiger partial charge in [-0.1, -0.05) is 24.3 Å². The summed E-state index contributed by atoms with van der Waals surface area (Å²) in [7, 11) is 0. The maximum absolute atomic E-state index is 13.0. The molecule has 0 aromatic carbocycles. The third-order valence-electron chi connectivity index (χ3n) is 5.79. The summed E-state index contributed by atoms with van der Waals surface area (Å²) < 4.78 is 0. The molecule has 0 unspecified atom stereocenters. The molecule has 5 nitrogen and oxygen atoms in total. The van der Waals surface area contributed by atoms with E-state index in [0.29, 0.717) is 11.4 Å². The van der Waals surface area contributed by atoms with Crippen molar-refractivity contribution < 1.29 is 4.79 Å². The number of nitrogens with zero attached hydrogens (tertiary/aromatic N) is 4. The van der Waals surface area contributed by atoms with E-state index in [-0.39, 0.29) is 5.78 Å². The molecule has 4 aromatic rings. The van der Waals surface area contributed by atoms with E-state index in [4.69, 9.17) is 4.98 Å². The molecular weight excluding hydrogens is 420 g/mol. The topological polar surface area (TPSA) is 68.6 Å². The molecule has 0 amide bonds. The first-order valence-corrected chi connectivity index (χ1v) is 11.3. The van der Waals surface area contributed by atoms with Crippen LogP contribution in [0.4, 0.5) is 0 Å². The van der Waals surface area contributed by atoms with Gasteiger partial charge in [0.2, 0.25) is 5.78 Å². The highest BCUT2D eigenvalue weighted by Gasteiger charge is 2.14. The minimum Gasteiger partial charge on any atom is -0.288 e.